The third kappa shape index (κ3) is 2.65. The standard InChI is InChI=1S/C15H13FN2O4/c1-20-18-6-2-3-11(16)14(18)15(19)17-8-10-4-5-12-13(7-10)22-9-21-12/h2-7H,8-9H2,1H3/p+1. The average Bonchev–Trinajstić information content (AvgIpc) is 2.99. The van der Waals surface area contributed by atoms with Crippen molar-refractivity contribution in [2.45, 2.75) is 6.54 Å². The first-order chi connectivity index (χ1) is 10.7. The van der Waals surface area contributed by atoms with Gasteiger partial charge in [0.2, 0.25) is 18.8 Å². The van der Waals surface area contributed by atoms with Gasteiger partial charge in [0.05, 0.1) is 0 Å². The molecule has 0 saturated carbocycles. The Morgan fingerprint density at radius 2 is 2.18 bits per heavy atom. The lowest BCUT2D eigenvalue weighted by Crippen LogP contribution is -2.49. The number of hydrogen-bond acceptors (Lipinski definition) is 4. The van der Waals surface area contributed by atoms with Gasteiger partial charge in [0, 0.05) is 17.3 Å². The Bertz CT molecular complexity index is 721. The topological polar surface area (TPSA) is 60.7 Å². The zero-order valence-electron chi connectivity index (χ0n) is 11.8. The van der Waals surface area contributed by atoms with Crippen molar-refractivity contribution in [2.75, 3.05) is 13.9 Å². The summed E-state index contributed by atoms with van der Waals surface area (Å²) in [4.78, 5) is 17.1. The maximum Gasteiger partial charge on any atom is 0.356 e. The van der Waals surface area contributed by atoms with Gasteiger partial charge in [-0.2, -0.15) is 4.39 Å². The number of benzene rings is 1. The van der Waals surface area contributed by atoms with Crippen LogP contribution >= 0.6 is 0 Å². The Kier molecular flexibility index (Phi) is 3.78. The minimum absolute atomic E-state index is 0.189. The molecular weight excluding hydrogens is 291 g/mol. The van der Waals surface area contributed by atoms with Crippen LogP contribution in [0.3, 0.4) is 0 Å². The summed E-state index contributed by atoms with van der Waals surface area (Å²) in [5.41, 5.74) is 0.628. The van der Waals surface area contributed by atoms with Gasteiger partial charge >= 0.3 is 11.6 Å². The quantitative estimate of drug-likeness (QED) is 0.850. The predicted octanol–water partition coefficient (Wildman–Crippen LogP) is 0.830. The van der Waals surface area contributed by atoms with Crippen molar-refractivity contribution in [1.82, 2.24) is 5.32 Å². The van der Waals surface area contributed by atoms with E-state index in [1.165, 1.54) is 25.4 Å². The first-order valence-corrected chi connectivity index (χ1v) is 6.60. The monoisotopic (exact) mass is 305 g/mol. The van der Waals surface area contributed by atoms with Crippen LogP contribution in [-0.4, -0.2) is 19.8 Å². The van der Waals surface area contributed by atoms with Crippen LogP contribution in [0.1, 0.15) is 16.1 Å². The fourth-order valence-corrected chi connectivity index (χ4v) is 2.14. The molecule has 0 fully saturated rings. The highest BCUT2D eigenvalue weighted by Crippen LogP contribution is 2.32. The normalized spacial score (nSPS) is 12.1. The van der Waals surface area contributed by atoms with E-state index in [-0.39, 0.29) is 19.0 Å². The van der Waals surface area contributed by atoms with Crippen molar-refractivity contribution < 1.29 is 28.2 Å². The number of pyridine rings is 1. The molecule has 0 atom stereocenters. The third-order valence-electron chi connectivity index (χ3n) is 3.21. The number of amides is 1. The summed E-state index contributed by atoms with van der Waals surface area (Å²) in [6.07, 6.45) is 1.46. The van der Waals surface area contributed by atoms with Crippen molar-refractivity contribution in [3.63, 3.8) is 0 Å². The molecule has 2 heterocycles. The zero-order chi connectivity index (χ0) is 15.5. The first kappa shape index (κ1) is 14.1. The molecule has 22 heavy (non-hydrogen) atoms. The minimum atomic E-state index is -0.660. The van der Waals surface area contributed by atoms with Crippen molar-refractivity contribution in [3.05, 3.63) is 53.6 Å². The number of rotatable bonds is 4. The van der Waals surface area contributed by atoms with E-state index in [4.69, 9.17) is 14.3 Å². The van der Waals surface area contributed by atoms with E-state index in [9.17, 15) is 9.18 Å². The number of fused-ring (bicyclic) bond motifs is 1. The SMILES string of the molecule is CO[n+]1cccc(F)c1C(=O)NCc1ccc2c(c1)OCO2. The molecule has 0 aliphatic carbocycles. The number of aromatic nitrogens is 1. The van der Waals surface area contributed by atoms with E-state index in [0.717, 1.165) is 10.3 Å². The molecule has 3 rings (SSSR count). The van der Waals surface area contributed by atoms with E-state index >= 15 is 0 Å². The Morgan fingerprint density at radius 3 is 3.00 bits per heavy atom. The molecule has 0 unspecified atom stereocenters. The van der Waals surface area contributed by atoms with Crippen LogP contribution in [-0.2, 0) is 6.54 Å². The predicted molar refractivity (Wildman–Crippen MR) is 72.8 cm³/mol. The number of carbonyl (C=O) groups is 1. The second-order valence-corrected chi connectivity index (χ2v) is 4.58. The summed E-state index contributed by atoms with van der Waals surface area (Å²) in [7, 11) is 1.36. The zero-order valence-corrected chi connectivity index (χ0v) is 11.8. The summed E-state index contributed by atoms with van der Waals surface area (Å²) < 4.78 is 25.4. The van der Waals surface area contributed by atoms with E-state index in [1.807, 2.05) is 0 Å². The fourth-order valence-electron chi connectivity index (χ4n) is 2.14. The third-order valence-corrected chi connectivity index (χ3v) is 3.21. The van der Waals surface area contributed by atoms with E-state index in [1.54, 1.807) is 18.2 Å². The van der Waals surface area contributed by atoms with Crippen LogP contribution in [0.5, 0.6) is 11.5 Å². The van der Waals surface area contributed by atoms with Gasteiger partial charge in [-0.05, 0) is 23.8 Å². The summed E-state index contributed by atoms with van der Waals surface area (Å²) >= 11 is 0. The molecule has 2 aromatic rings. The maximum atomic E-state index is 13.8. The highest BCUT2D eigenvalue weighted by molar-refractivity contribution is 5.91. The summed E-state index contributed by atoms with van der Waals surface area (Å²) in [6.45, 7) is 0.418. The van der Waals surface area contributed by atoms with Gasteiger partial charge in [-0.1, -0.05) is 6.07 Å². The molecule has 114 valence electrons. The van der Waals surface area contributed by atoms with Crippen LogP contribution < -0.4 is 24.4 Å². The molecule has 0 spiro atoms. The lowest BCUT2D eigenvalue weighted by Gasteiger charge is -2.05. The second kappa shape index (κ2) is 5.88. The molecule has 1 aliphatic heterocycles. The minimum Gasteiger partial charge on any atom is -0.454 e. The number of carbonyl (C=O) groups excluding carboxylic acids is 1. The molecule has 1 aliphatic rings. The summed E-state index contributed by atoms with van der Waals surface area (Å²) in [5, 5.41) is 2.65. The molecular formula is C15H14FN2O4+. The molecule has 1 N–H and O–H groups in total. The van der Waals surface area contributed by atoms with E-state index < -0.39 is 11.7 Å². The van der Waals surface area contributed by atoms with Gasteiger partial charge in [-0.3, -0.25) is 9.63 Å². The van der Waals surface area contributed by atoms with E-state index in [0.29, 0.717) is 11.5 Å². The van der Waals surface area contributed by atoms with Crippen LogP contribution in [0.2, 0.25) is 0 Å². The largest absolute Gasteiger partial charge is 0.454 e. The van der Waals surface area contributed by atoms with Crippen molar-refractivity contribution in [3.8, 4) is 11.5 Å². The Morgan fingerprint density at radius 1 is 1.36 bits per heavy atom. The molecule has 0 bridgehead atoms. The van der Waals surface area contributed by atoms with Gasteiger partial charge < -0.3 is 14.8 Å². The second-order valence-electron chi connectivity index (χ2n) is 4.58. The Balaban J connectivity index is 1.73. The molecule has 0 radical (unpaired) electrons. The van der Waals surface area contributed by atoms with Crippen molar-refractivity contribution in [1.29, 1.82) is 0 Å². The summed E-state index contributed by atoms with van der Waals surface area (Å²) in [6, 6.07) is 7.99. The number of hydrogen-bond donors (Lipinski definition) is 1. The first-order valence-electron chi connectivity index (χ1n) is 6.60. The molecule has 1 amide bonds. The van der Waals surface area contributed by atoms with Crippen molar-refractivity contribution in [2.24, 2.45) is 0 Å². The molecule has 0 saturated heterocycles. The van der Waals surface area contributed by atoms with Crippen LogP contribution in [0.4, 0.5) is 4.39 Å². The number of ether oxygens (including phenoxy) is 2. The van der Waals surface area contributed by atoms with Crippen LogP contribution in [0.25, 0.3) is 0 Å². The van der Waals surface area contributed by atoms with Gasteiger partial charge in [-0.25, -0.2) is 0 Å². The number of nitrogens with one attached hydrogen (secondary N) is 1. The summed E-state index contributed by atoms with van der Waals surface area (Å²) in [5.74, 6) is 0.0659. The Hall–Kier alpha value is -2.83. The highest BCUT2D eigenvalue weighted by Gasteiger charge is 2.26. The lowest BCUT2D eigenvalue weighted by molar-refractivity contribution is -0.887. The van der Waals surface area contributed by atoms with E-state index in [2.05, 4.69) is 5.32 Å². The van der Waals surface area contributed by atoms with Crippen LogP contribution in [0.15, 0.2) is 36.5 Å². The lowest BCUT2D eigenvalue weighted by atomic mass is 10.2. The van der Waals surface area contributed by atoms with Gasteiger partial charge in [-0.15, -0.1) is 0 Å². The molecule has 7 heteroatoms. The van der Waals surface area contributed by atoms with Gasteiger partial charge in [0.1, 0.15) is 7.11 Å². The molecule has 1 aromatic heterocycles. The average molecular weight is 305 g/mol. The number of halogens is 1. The number of nitrogens with zero attached hydrogens (tertiary/aromatic N) is 1. The van der Waals surface area contributed by atoms with Crippen molar-refractivity contribution >= 4 is 5.91 Å². The van der Waals surface area contributed by atoms with Gasteiger partial charge in [0.25, 0.3) is 0 Å². The maximum absolute atomic E-state index is 13.8. The van der Waals surface area contributed by atoms with Crippen LogP contribution in [0, 0.1) is 5.82 Å². The molecule has 6 nitrogen and oxygen atoms in total. The van der Waals surface area contributed by atoms with Gasteiger partial charge in [0.15, 0.2) is 11.5 Å². The fraction of sp³-hybridized carbons (Fsp3) is 0.200. The smallest absolute Gasteiger partial charge is 0.356 e. The molecule has 1 aromatic carbocycles. The highest BCUT2D eigenvalue weighted by atomic mass is 19.1. The Labute approximate surface area is 126 Å².